The number of rotatable bonds is 5. The molecule has 4 heteroatoms. The van der Waals surface area contributed by atoms with Crippen LogP contribution in [0.1, 0.15) is 76.5 Å². The van der Waals surface area contributed by atoms with Gasteiger partial charge in [-0.1, -0.05) is 6.42 Å². The molecule has 4 rings (SSSR count). The standard InChI is InChI=1S/C16H26N2O2/c1-12(19)4-3-5-15-6-9-16(10-7-15,11-8-15)14-18-17-13(2)20-14/h12,19H,3-11H2,1-2H3. The van der Waals surface area contributed by atoms with E-state index in [9.17, 15) is 5.11 Å². The van der Waals surface area contributed by atoms with Crippen LogP contribution in [0.25, 0.3) is 0 Å². The molecule has 1 unspecified atom stereocenters. The summed E-state index contributed by atoms with van der Waals surface area (Å²) in [5, 5.41) is 17.7. The quantitative estimate of drug-likeness (QED) is 0.895. The maximum absolute atomic E-state index is 9.41. The summed E-state index contributed by atoms with van der Waals surface area (Å²) in [7, 11) is 0. The lowest BCUT2D eigenvalue weighted by molar-refractivity contribution is 0.0150. The molecule has 1 N–H and O–H groups in total. The van der Waals surface area contributed by atoms with Crippen LogP contribution in [-0.2, 0) is 5.41 Å². The fraction of sp³-hybridized carbons (Fsp3) is 0.875. The Morgan fingerprint density at radius 3 is 2.30 bits per heavy atom. The van der Waals surface area contributed by atoms with Crippen molar-refractivity contribution in [1.82, 2.24) is 10.2 Å². The lowest BCUT2D eigenvalue weighted by Gasteiger charge is -2.52. The first kappa shape index (κ1) is 14.1. The molecule has 0 aromatic carbocycles. The van der Waals surface area contributed by atoms with Gasteiger partial charge >= 0.3 is 0 Å². The topological polar surface area (TPSA) is 59.2 Å². The minimum absolute atomic E-state index is 0.154. The second-order valence-corrected chi connectivity index (χ2v) is 7.15. The summed E-state index contributed by atoms with van der Waals surface area (Å²) >= 11 is 0. The Morgan fingerprint density at radius 1 is 1.15 bits per heavy atom. The Bertz CT molecular complexity index is 442. The highest BCUT2D eigenvalue weighted by Crippen LogP contribution is 2.59. The maximum Gasteiger partial charge on any atom is 0.222 e. The number of fused-ring (bicyclic) bond motifs is 3. The summed E-state index contributed by atoms with van der Waals surface area (Å²) in [6, 6.07) is 0. The van der Waals surface area contributed by atoms with E-state index in [0.717, 1.165) is 18.7 Å². The summed E-state index contributed by atoms with van der Waals surface area (Å²) in [5.74, 6) is 1.57. The Labute approximate surface area is 121 Å². The summed E-state index contributed by atoms with van der Waals surface area (Å²) in [6.07, 6.45) is 10.7. The molecule has 20 heavy (non-hydrogen) atoms. The van der Waals surface area contributed by atoms with E-state index in [-0.39, 0.29) is 11.5 Å². The highest BCUT2D eigenvalue weighted by atomic mass is 16.4. The number of aliphatic hydroxyl groups is 1. The van der Waals surface area contributed by atoms with E-state index in [4.69, 9.17) is 4.42 Å². The average Bonchev–Trinajstić information content (AvgIpc) is 2.88. The third-order valence-electron chi connectivity index (χ3n) is 5.71. The van der Waals surface area contributed by atoms with E-state index in [0.29, 0.717) is 11.3 Å². The predicted octanol–water partition coefficient (Wildman–Crippen LogP) is 3.52. The minimum atomic E-state index is -0.154. The van der Waals surface area contributed by atoms with Crippen molar-refractivity contribution in [3.8, 4) is 0 Å². The number of aryl methyl sites for hydroxylation is 1. The average molecular weight is 278 g/mol. The third-order valence-corrected chi connectivity index (χ3v) is 5.71. The normalized spacial score (nSPS) is 34.4. The SMILES string of the molecule is Cc1nnc(C23CCC(CCCC(C)O)(CC2)CC3)o1. The number of aromatic nitrogens is 2. The van der Waals surface area contributed by atoms with Gasteiger partial charge in [0.2, 0.25) is 11.8 Å². The molecule has 112 valence electrons. The number of aliphatic hydroxyl groups excluding tert-OH is 1. The van der Waals surface area contributed by atoms with Gasteiger partial charge in [0.05, 0.1) is 6.10 Å². The maximum atomic E-state index is 9.41. The summed E-state index contributed by atoms with van der Waals surface area (Å²) in [6.45, 7) is 3.77. The van der Waals surface area contributed by atoms with Crippen LogP contribution in [0, 0.1) is 12.3 Å². The summed E-state index contributed by atoms with van der Waals surface area (Å²) in [5.41, 5.74) is 0.707. The molecule has 3 fully saturated rings. The Kier molecular flexibility index (Phi) is 3.61. The van der Waals surface area contributed by atoms with Crippen LogP contribution in [0.15, 0.2) is 4.42 Å². The predicted molar refractivity (Wildman–Crippen MR) is 76.4 cm³/mol. The van der Waals surface area contributed by atoms with Gasteiger partial charge in [0.25, 0.3) is 0 Å². The molecule has 3 aliphatic carbocycles. The fourth-order valence-electron chi connectivity index (χ4n) is 4.24. The second kappa shape index (κ2) is 5.14. The van der Waals surface area contributed by atoms with Gasteiger partial charge in [0.15, 0.2) is 0 Å². The Hall–Kier alpha value is -0.900. The van der Waals surface area contributed by atoms with Gasteiger partial charge in [-0.15, -0.1) is 10.2 Å². The molecule has 1 aromatic heterocycles. The highest BCUT2D eigenvalue weighted by molar-refractivity contribution is 5.12. The molecule has 3 saturated carbocycles. The van der Waals surface area contributed by atoms with E-state index in [1.807, 2.05) is 13.8 Å². The lowest BCUT2D eigenvalue weighted by Crippen LogP contribution is -2.44. The van der Waals surface area contributed by atoms with E-state index >= 15 is 0 Å². The van der Waals surface area contributed by atoms with Crippen LogP contribution in [-0.4, -0.2) is 21.4 Å². The minimum Gasteiger partial charge on any atom is -0.425 e. The van der Waals surface area contributed by atoms with Crippen molar-refractivity contribution < 1.29 is 9.52 Å². The fourth-order valence-corrected chi connectivity index (χ4v) is 4.24. The molecule has 0 aliphatic heterocycles. The zero-order chi connectivity index (χ0) is 14.2. The van der Waals surface area contributed by atoms with Gasteiger partial charge in [-0.05, 0) is 63.7 Å². The van der Waals surface area contributed by atoms with Gasteiger partial charge in [-0.3, -0.25) is 0 Å². The van der Waals surface area contributed by atoms with Crippen LogP contribution in [0.2, 0.25) is 0 Å². The van der Waals surface area contributed by atoms with Crippen LogP contribution in [0.5, 0.6) is 0 Å². The van der Waals surface area contributed by atoms with Gasteiger partial charge in [0, 0.05) is 12.3 Å². The molecular formula is C16H26N2O2. The lowest BCUT2D eigenvalue weighted by atomic mass is 9.52. The molecule has 0 radical (unpaired) electrons. The molecule has 1 heterocycles. The molecule has 0 amide bonds. The van der Waals surface area contributed by atoms with Crippen LogP contribution in [0.4, 0.5) is 0 Å². The van der Waals surface area contributed by atoms with Crippen molar-refractivity contribution in [2.45, 2.75) is 83.2 Å². The van der Waals surface area contributed by atoms with Gasteiger partial charge in [-0.2, -0.15) is 0 Å². The second-order valence-electron chi connectivity index (χ2n) is 7.15. The van der Waals surface area contributed by atoms with E-state index < -0.39 is 0 Å². The molecular weight excluding hydrogens is 252 g/mol. The van der Waals surface area contributed by atoms with E-state index in [2.05, 4.69) is 10.2 Å². The Balaban J connectivity index is 1.63. The highest BCUT2D eigenvalue weighted by Gasteiger charge is 2.51. The van der Waals surface area contributed by atoms with Gasteiger partial charge in [-0.25, -0.2) is 0 Å². The first-order valence-corrected chi connectivity index (χ1v) is 8.02. The summed E-state index contributed by atoms with van der Waals surface area (Å²) < 4.78 is 5.73. The number of hydrogen-bond acceptors (Lipinski definition) is 4. The zero-order valence-electron chi connectivity index (χ0n) is 12.7. The molecule has 1 atom stereocenters. The summed E-state index contributed by atoms with van der Waals surface area (Å²) in [4.78, 5) is 0. The number of nitrogens with zero attached hydrogens (tertiary/aromatic N) is 2. The molecule has 0 spiro atoms. The molecule has 3 aliphatic rings. The van der Waals surface area contributed by atoms with Crippen molar-refractivity contribution in [2.24, 2.45) is 5.41 Å². The van der Waals surface area contributed by atoms with Crippen LogP contribution in [0.3, 0.4) is 0 Å². The van der Waals surface area contributed by atoms with Crippen LogP contribution >= 0.6 is 0 Å². The first-order chi connectivity index (χ1) is 9.54. The Morgan fingerprint density at radius 2 is 1.80 bits per heavy atom. The molecule has 1 aromatic rings. The molecule has 4 nitrogen and oxygen atoms in total. The van der Waals surface area contributed by atoms with Crippen molar-refractivity contribution >= 4 is 0 Å². The zero-order valence-corrected chi connectivity index (χ0v) is 12.7. The largest absolute Gasteiger partial charge is 0.425 e. The molecule has 2 bridgehead atoms. The van der Waals surface area contributed by atoms with Crippen molar-refractivity contribution in [1.29, 1.82) is 0 Å². The smallest absolute Gasteiger partial charge is 0.222 e. The van der Waals surface area contributed by atoms with E-state index in [1.54, 1.807) is 0 Å². The van der Waals surface area contributed by atoms with E-state index in [1.165, 1.54) is 44.9 Å². The third kappa shape index (κ3) is 2.50. The molecule has 0 saturated heterocycles. The van der Waals surface area contributed by atoms with Crippen molar-refractivity contribution in [3.05, 3.63) is 11.8 Å². The van der Waals surface area contributed by atoms with Gasteiger partial charge in [0.1, 0.15) is 0 Å². The first-order valence-electron chi connectivity index (χ1n) is 8.02. The van der Waals surface area contributed by atoms with Crippen molar-refractivity contribution in [3.63, 3.8) is 0 Å². The van der Waals surface area contributed by atoms with Crippen molar-refractivity contribution in [2.75, 3.05) is 0 Å². The van der Waals surface area contributed by atoms with Crippen LogP contribution < -0.4 is 0 Å². The number of hydrogen-bond donors (Lipinski definition) is 1. The monoisotopic (exact) mass is 278 g/mol. The van der Waals surface area contributed by atoms with Gasteiger partial charge < -0.3 is 9.52 Å².